The number of aromatic nitrogens is 3. The number of thiazole rings is 1. The number of rotatable bonds is 5. The van der Waals surface area contributed by atoms with Crippen LogP contribution in [0.4, 0.5) is 0 Å². The predicted molar refractivity (Wildman–Crippen MR) is 106 cm³/mol. The van der Waals surface area contributed by atoms with Crippen molar-refractivity contribution in [3.63, 3.8) is 0 Å². The Morgan fingerprint density at radius 2 is 1.96 bits per heavy atom. The van der Waals surface area contributed by atoms with Gasteiger partial charge in [-0.2, -0.15) is 5.10 Å². The first-order valence-electron chi connectivity index (χ1n) is 9.00. The number of hydrogen-bond donors (Lipinski definition) is 2. The molecule has 1 saturated carbocycles. The Morgan fingerprint density at radius 1 is 1.22 bits per heavy atom. The molecule has 138 valence electrons. The quantitative estimate of drug-likeness (QED) is 0.708. The fraction of sp³-hybridized carbons (Fsp3) is 0.300. The van der Waals surface area contributed by atoms with Crippen molar-refractivity contribution in [3.8, 4) is 21.8 Å². The van der Waals surface area contributed by atoms with Crippen LogP contribution >= 0.6 is 11.3 Å². The molecule has 1 aromatic carbocycles. The second kappa shape index (κ2) is 7.08. The molecule has 0 unspecified atom stereocenters. The van der Waals surface area contributed by atoms with Gasteiger partial charge in [0, 0.05) is 17.7 Å². The standard InChI is InChI=1S/C20H20N4O2S/c1-11(2)14-10-15(25)23-24-17(14)18-16(12-6-4-3-5-7-12)22-20(27-18)19(26)21-13-8-9-13/h3-7,10-11,13H,8-9H2,1-2H3,(H,21,26)(H,23,25). The molecule has 2 heterocycles. The first-order valence-corrected chi connectivity index (χ1v) is 9.81. The molecule has 27 heavy (non-hydrogen) atoms. The normalized spacial score (nSPS) is 13.7. The van der Waals surface area contributed by atoms with Gasteiger partial charge in [-0.1, -0.05) is 44.2 Å². The molecule has 0 spiro atoms. The molecule has 3 aromatic rings. The van der Waals surface area contributed by atoms with Crippen LogP contribution in [-0.4, -0.2) is 27.1 Å². The van der Waals surface area contributed by atoms with Crippen LogP contribution in [0.2, 0.25) is 0 Å². The average Bonchev–Trinajstić information content (AvgIpc) is 3.36. The van der Waals surface area contributed by atoms with Gasteiger partial charge in [-0.15, -0.1) is 11.3 Å². The summed E-state index contributed by atoms with van der Waals surface area (Å²) < 4.78 is 0. The van der Waals surface area contributed by atoms with E-state index in [-0.39, 0.29) is 23.4 Å². The van der Waals surface area contributed by atoms with Gasteiger partial charge in [-0.3, -0.25) is 9.59 Å². The van der Waals surface area contributed by atoms with E-state index in [2.05, 4.69) is 20.5 Å². The van der Waals surface area contributed by atoms with Gasteiger partial charge in [0.2, 0.25) is 0 Å². The summed E-state index contributed by atoms with van der Waals surface area (Å²) in [4.78, 5) is 29.8. The first-order chi connectivity index (χ1) is 13.0. The lowest BCUT2D eigenvalue weighted by Gasteiger charge is -2.10. The Morgan fingerprint density at radius 3 is 2.63 bits per heavy atom. The summed E-state index contributed by atoms with van der Waals surface area (Å²) in [7, 11) is 0. The molecule has 4 rings (SSSR count). The third kappa shape index (κ3) is 3.68. The van der Waals surface area contributed by atoms with E-state index in [0.29, 0.717) is 16.4 Å². The van der Waals surface area contributed by atoms with Gasteiger partial charge < -0.3 is 5.32 Å². The molecule has 6 nitrogen and oxygen atoms in total. The van der Waals surface area contributed by atoms with Crippen molar-refractivity contribution in [1.82, 2.24) is 20.5 Å². The highest BCUT2D eigenvalue weighted by Gasteiger charge is 2.27. The summed E-state index contributed by atoms with van der Waals surface area (Å²) in [5.74, 6) is -0.0364. The number of carbonyl (C=O) groups is 1. The monoisotopic (exact) mass is 380 g/mol. The summed E-state index contributed by atoms with van der Waals surface area (Å²) in [6.45, 7) is 4.04. The fourth-order valence-electron chi connectivity index (χ4n) is 2.88. The molecule has 2 aromatic heterocycles. The molecule has 7 heteroatoms. The Labute approximate surface area is 160 Å². The minimum atomic E-state index is -0.236. The zero-order valence-electron chi connectivity index (χ0n) is 15.2. The maximum atomic E-state index is 12.6. The first kappa shape index (κ1) is 17.6. The van der Waals surface area contributed by atoms with Crippen LogP contribution in [0, 0.1) is 0 Å². The smallest absolute Gasteiger partial charge is 0.280 e. The van der Waals surface area contributed by atoms with Crippen molar-refractivity contribution < 1.29 is 4.79 Å². The van der Waals surface area contributed by atoms with Gasteiger partial charge in [0.05, 0.1) is 10.6 Å². The second-order valence-electron chi connectivity index (χ2n) is 7.00. The Hall–Kier alpha value is -2.80. The molecule has 0 atom stereocenters. The lowest BCUT2D eigenvalue weighted by Crippen LogP contribution is -2.25. The van der Waals surface area contributed by atoms with Crippen LogP contribution in [0.1, 0.15) is 48.0 Å². The van der Waals surface area contributed by atoms with Crippen molar-refractivity contribution in [2.45, 2.75) is 38.6 Å². The molecule has 0 saturated heterocycles. The number of aromatic amines is 1. The lowest BCUT2D eigenvalue weighted by molar-refractivity contribution is 0.0951. The molecule has 1 amide bonds. The van der Waals surface area contributed by atoms with Crippen LogP contribution in [-0.2, 0) is 0 Å². The fourth-order valence-corrected chi connectivity index (χ4v) is 3.89. The van der Waals surface area contributed by atoms with E-state index in [1.165, 1.54) is 11.3 Å². The summed E-state index contributed by atoms with van der Waals surface area (Å²) in [6.07, 6.45) is 2.04. The molecule has 0 radical (unpaired) electrons. The zero-order chi connectivity index (χ0) is 19.0. The van der Waals surface area contributed by atoms with E-state index >= 15 is 0 Å². The van der Waals surface area contributed by atoms with Gasteiger partial charge in [0.1, 0.15) is 5.69 Å². The van der Waals surface area contributed by atoms with Crippen LogP contribution in [0.5, 0.6) is 0 Å². The van der Waals surface area contributed by atoms with Crippen LogP contribution < -0.4 is 10.9 Å². The van der Waals surface area contributed by atoms with Crippen molar-refractivity contribution in [3.05, 3.63) is 57.3 Å². The molecule has 0 aliphatic heterocycles. The van der Waals surface area contributed by atoms with Crippen LogP contribution in [0.25, 0.3) is 21.8 Å². The Balaban J connectivity index is 1.87. The summed E-state index contributed by atoms with van der Waals surface area (Å²) in [6, 6.07) is 11.6. The van der Waals surface area contributed by atoms with Gasteiger partial charge in [-0.05, 0) is 24.3 Å². The van der Waals surface area contributed by atoms with E-state index in [1.807, 2.05) is 44.2 Å². The number of carbonyl (C=O) groups excluding carboxylic acids is 1. The maximum absolute atomic E-state index is 12.6. The Kier molecular flexibility index (Phi) is 4.61. The van der Waals surface area contributed by atoms with Gasteiger partial charge in [0.15, 0.2) is 5.01 Å². The third-order valence-electron chi connectivity index (χ3n) is 4.46. The molecular formula is C20H20N4O2S. The number of H-pyrrole nitrogens is 1. The van der Waals surface area contributed by atoms with Crippen LogP contribution in [0.15, 0.2) is 41.2 Å². The largest absolute Gasteiger partial charge is 0.347 e. The van der Waals surface area contributed by atoms with Gasteiger partial charge in [-0.25, -0.2) is 10.1 Å². The third-order valence-corrected chi connectivity index (χ3v) is 5.52. The number of amides is 1. The molecule has 1 fully saturated rings. The minimum Gasteiger partial charge on any atom is -0.347 e. The highest BCUT2D eigenvalue weighted by molar-refractivity contribution is 7.17. The second-order valence-corrected chi connectivity index (χ2v) is 8.00. The van der Waals surface area contributed by atoms with E-state index in [1.54, 1.807) is 6.07 Å². The van der Waals surface area contributed by atoms with Gasteiger partial charge >= 0.3 is 0 Å². The molecule has 1 aliphatic carbocycles. The number of benzene rings is 1. The van der Waals surface area contributed by atoms with Crippen molar-refractivity contribution in [2.24, 2.45) is 0 Å². The zero-order valence-corrected chi connectivity index (χ0v) is 16.0. The minimum absolute atomic E-state index is 0.115. The van der Waals surface area contributed by atoms with E-state index in [4.69, 9.17) is 0 Å². The summed E-state index contributed by atoms with van der Waals surface area (Å²) in [5.41, 5.74) is 2.90. The number of nitrogens with zero attached hydrogens (tertiary/aromatic N) is 2. The summed E-state index contributed by atoms with van der Waals surface area (Å²) >= 11 is 1.32. The molecule has 0 bridgehead atoms. The Bertz CT molecular complexity index is 1040. The summed E-state index contributed by atoms with van der Waals surface area (Å²) in [5, 5.41) is 10.2. The number of hydrogen-bond acceptors (Lipinski definition) is 5. The molecule has 2 N–H and O–H groups in total. The topological polar surface area (TPSA) is 87.7 Å². The van der Waals surface area contributed by atoms with E-state index in [0.717, 1.165) is 28.8 Å². The highest BCUT2D eigenvalue weighted by atomic mass is 32.1. The predicted octanol–water partition coefficient (Wildman–Crippen LogP) is 3.58. The highest BCUT2D eigenvalue weighted by Crippen LogP contribution is 2.38. The maximum Gasteiger partial charge on any atom is 0.280 e. The SMILES string of the molecule is CC(C)c1cc(=O)[nH]nc1-c1sc(C(=O)NC2CC2)nc1-c1ccccc1. The van der Waals surface area contributed by atoms with Crippen molar-refractivity contribution in [1.29, 1.82) is 0 Å². The van der Waals surface area contributed by atoms with Crippen molar-refractivity contribution >= 4 is 17.2 Å². The van der Waals surface area contributed by atoms with Crippen molar-refractivity contribution in [2.75, 3.05) is 0 Å². The number of nitrogens with one attached hydrogen (secondary N) is 2. The lowest BCUT2D eigenvalue weighted by atomic mass is 10.00. The molecular weight excluding hydrogens is 360 g/mol. The van der Waals surface area contributed by atoms with Gasteiger partial charge in [0.25, 0.3) is 11.5 Å². The average molecular weight is 380 g/mol. The van der Waals surface area contributed by atoms with E-state index in [9.17, 15) is 9.59 Å². The van der Waals surface area contributed by atoms with E-state index < -0.39 is 0 Å². The molecule has 1 aliphatic rings. The van der Waals surface area contributed by atoms with Crippen LogP contribution in [0.3, 0.4) is 0 Å².